The molecule has 3 aromatic carbocycles. The minimum Gasteiger partial charge on any atom is -0.320 e. The van der Waals surface area contributed by atoms with Gasteiger partial charge >= 0.3 is 0 Å². The van der Waals surface area contributed by atoms with Gasteiger partial charge in [0.1, 0.15) is 0 Å². The summed E-state index contributed by atoms with van der Waals surface area (Å²) in [5.74, 6) is -1.81. The van der Waals surface area contributed by atoms with Crippen molar-refractivity contribution in [2.24, 2.45) is 5.73 Å². The Morgan fingerprint density at radius 3 is 2.38 bits per heavy atom. The Balaban J connectivity index is 2.17. The fraction of sp³-hybridized carbons (Fsp3) is 0.0588. The monoisotopic (exact) mass is 347 g/mol. The minimum atomic E-state index is -0.914. The average Bonchev–Trinajstić information content (AvgIpc) is 2.51. The Morgan fingerprint density at radius 2 is 1.57 bits per heavy atom. The fourth-order valence-electron chi connectivity index (χ4n) is 2.47. The predicted octanol–water partition coefficient (Wildman–Crippen LogP) is 4.93. The van der Waals surface area contributed by atoms with E-state index in [1.54, 1.807) is 0 Å². The van der Waals surface area contributed by atoms with E-state index in [-0.39, 0.29) is 4.47 Å². The molecule has 106 valence electrons. The quantitative estimate of drug-likeness (QED) is 0.653. The molecule has 4 heteroatoms. The Hall–Kier alpha value is -1.78. The molecule has 0 aliphatic carbocycles. The molecule has 0 heterocycles. The highest BCUT2D eigenvalue weighted by Gasteiger charge is 2.19. The molecule has 3 rings (SSSR count). The maximum Gasteiger partial charge on any atom is 0.173 e. The number of nitrogens with two attached hydrogens (primary N) is 1. The first-order valence-corrected chi connectivity index (χ1v) is 7.25. The summed E-state index contributed by atoms with van der Waals surface area (Å²) in [5, 5.41) is 2.06. The zero-order chi connectivity index (χ0) is 15.0. The first-order chi connectivity index (χ1) is 10.1. The van der Waals surface area contributed by atoms with Crippen LogP contribution in [-0.2, 0) is 0 Å². The third-order valence-electron chi connectivity index (χ3n) is 3.56. The van der Waals surface area contributed by atoms with Gasteiger partial charge in [-0.2, -0.15) is 0 Å². The van der Waals surface area contributed by atoms with Crippen molar-refractivity contribution in [1.29, 1.82) is 0 Å². The molecule has 0 fully saturated rings. The Labute approximate surface area is 129 Å². The van der Waals surface area contributed by atoms with Crippen LogP contribution in [0.15, 0.2) is 59.1 Å². The molecule has 0 saturated carbocycles. The van der Waals surface area contributed by atoms with E-state index in [0.29, 0.717) is 5.56 Å². The molecule has 3 aromatic rings. The zero-order valence-electron chi connectivity index (χ0n) is 11.0. The van der Waals surface area contributed by atoms with Gasteiger partial charge in [0.25, 0.3) is 0 Å². The maximum absolute atomic E-state index is 13.7. The van der Waals surface area contributed by atoms with Crippen LogP contribution >= 0.6 is 15.9 Å². The van der Waals surface area contributed by atoms with Crippen molar-refractivity contribution in [3.05, 3.63) is 81.8 Å². The van der Waals surface area contributed by atoms with Gasteiger partial charge in [0, 0.05) is 0 Å². The van der Waals surface area contributed by atoms with Crippen LogP contribution in [0.25, 0.3) is 10.8 Å². The molecule has 0 radical (unpaired) electrons. The molecule has 0 amide bonds. The zero-order valence-corrected chi connectivity index (χ0v) is 12.6. The van der Waals surface area contributed by atoms with E-state index in [0.717, 1.165) is 22.4 Å². The average molecular weight is 348 g/mol. The van der Waals surface area contributed by atoms with Gasteiger partial charge in [-0.15, -0.1) is 0 Å². The van der Waals surface area contributed by atoms with Crippen LogP contribution < -0.4 is 5.73 Å². The topological polar surface area (TPSA) is 26.0 Å². The van der Waals surface area contributed by atoms with E-state index in [9.17, 15) is 8.78 Å². The van der Waals surface area contributed by atoms with Crippen molar-refractivity contribution in [1.82, 2.24) is 0 Å². The summed E-state index contributed by atoms with van der Waals surface area (Å²) in [4.78, 5) is 0. The number of halogens is 3. The maximum atomic E-state index is 13.7. The summed E-state index contributed by atoms with van der Waals surface area (Å²) in [7, 11) is 0. The third kappa shape index (κ3) is 2.45. The SMILES string of the molecule is NC(c1ccc(F)c(F)c1Br)c1cccc2ccccc12. The summed E-state index contributed by atoms with van der Waals surface area (Å²) < 4.78 is 27.0. The van der Waals surface area contributed by atoms with Crippen LogP contribution in [0.1, 0.15) is 17.2 Å². The second kappa shape index (κ2) is 5.54. The molecule has 0 saturated heterocycles. The fourth-order valence-corrected chi connectivity index (χ4v) is 3.04. The van der Waals surface area contributed by atoms with Crippen LogP contribution in [-0.4, -0.2) is 0 Å². The van der Waals surface area contributed by atoms with Gasteiger partial charge in [0.05, 0.1) is 10.5 Å². The molecule has 1 unspecified atom stereocenters. The van der Waals surface area contributed by atoms with Crippen molar-refractivity contribution in [3.8, 4) is 0 Å². The van der Waals surface area contributed by atoms with Crippen LogP contribution in [0.4, 0.5) is 8.78 Å². The summed E-state index contributed by atoms with van der Waals surface area (Å²) in [6.45, 7) is 0. The van der Waals surface area contributed by atoms with E-state index in [2.05, 4.69) is 15.9 Å². The molecular formula is C17H12BrF2N. The summed E-state index contributed by atoms with van der Waals surface area (Å²) >= 11 is 3.10. The summed E-state index contributed by atoms with van der Waals surface area (Å²) in [6, 6.07) is 15.7. The van der Waals surface area contributed by atoms with Gasteiger partial charge in [0.15, 0.2) is 11.6 Å². The van der Waals surface area contributed by atoms with Gasteiger partial charge in [-0.3, -0.25) is 0 Å². The highest BCUT2D eigenvalue weighted by atomic mass is 79.9. The summed E-state index contributed by atoms with van der Waals surface area (Å²) in [5.41, 5.74) is 7.68. The van der Waals surface area contributed by atoms with E-state index in [4.69, 9.17) is 5.73 Å². The molecule has 1 atom stereocenters. The lowest BCUT2D eigenvalue weighted by Crippen LogP contribution is -2.14. The van der Waals surface area contributed by atoms with Crippen LogP contribution in [0.3, 0.4) is 0 Å². The Morgan fingerprint density at radius 1 is 0.857 bits per heavy atom. The van der Waals surface area contributed by atoms with Gasteiger partial charge in [-0.1, -0.05) is 48.5 Å². The second-order valence-electron chi connectivity index (χ2n) is 4.81. The molecule has 0 aromatic heterocycles. The number of rotatable bonds is 2. The third-order valence-corrected chi connectivity index (χ3v) is 4.36. The molecule has 0 aliphatic heterocycles. The number of hydrogen-bond acceptors (Lipinski definition) is 1. The molecule has 0 spiro atoms. The van der Waals surface area contributed by atoms with Gasteiger partial charge in [-0.25, -0.2) is 8.78 Å². The summed E-state index contributed by atoms with van der Waals surface area (Å²) in [6.07, 6.45) is 0. The number of benzene rings is 3. The predicted molar refractivity (Wildman–Crippen MR) is 84.0 cm³/mol. The Kier molecular flexibility index (Phi) is 3.74. The molecule has 0 aliphatic rings. The van der Waals surface area contributed by atoms with Gasteiger partial charge in [-0.05, 0) is 43.9 Å². The highest BCUT2D eigenvalue weighted by Crippen LogP contribution is 2.33. The lowest BCUT2D eigenvalue weighted by atomic mass is 9.94. The van der Waals surface area contributed by atoms with E-state index in [1.807, 2.05) is 42.5 Å². The van der Waals surface area contributed by atoms with E-state index < -0.39 is 17.7 Å². The van der Waals surface area contributed by atoms with Crippen LogP contribution in [0.2, 0.25) is 0 Å². The number of hydrogen-bond donors (Lipinski definition) is 1. The van der Waals surface area contributed by atoms with Gasteiger partial charge < -0.3 is 5.73 Å². The van der Waals surface area contributed by atoms with Crippen molar-refractivity contribution < 1.29 is 8.78 Å². The lowest BCUT2D eigenvalue weighted by molar-refractivity contribution is 0.501. The lowest BCUT2D eigenvalue weighted by Gasteiger charge is -2.17. The molecule has 1 nitrogen and oxygen atoms in total. The van der Waals surface area contributed by atoms with E-state index >= 15 is 0 Å². The van der Waals surface area contributed by atoms with Crippen molar-refractivity contribution >= 4 is 26.7 Å². The highest BCUT2D eigenvalue weighted by molar-refractivity contribution is 9.10. The standard InChI is InChI=1S/C17H12BrF2N/c18-15-13(8-9-14(19)16(15)20)17(21)12-7-3-5-10-4-1-2-6-11(10)12/h1-9,17H,21H2. The van der Waals surface area contributed by atoms with Crippen molar-refractivity contribution in [2.45, 2.75) is 6.04 Å². The second-order valence-corrected chi connectivity index (χ2v) is 5.60. The molecule has 2 N–H and O–H groups in total. The molecule has 21 heavy (non-hydrogen) atoms. The number of fused-ring (bicyclic) bond motifs is 1. The van der Waals surface area contributed by atoms with Gasteiger partial charge in [0.2, 0.25) is 0 Å². The first-order valence-electron chi connectivity index (χ1n) is 6.46. The van der Waals surface area contributed by atoms with Crippen molar-refractivity contribution in [3.63, 3.8) is 0 Å². The van der Waals surface area contributed by atoms with E-state index in [1.165, 1.54) is 6.07 Å². The van der Waals surface area contributed by atoms with Crippen molar-refractivity contribution in [2.75, 3.05) is 0 Å². The minimum absolute atomic E-state index is 0.0722. The molecular weight excluding hydrogens is 336 g/mol. The van der Waals surface area contributed by atoms with Crippen LogP contribution in [0, 0.1) is 11.6 Å². The largest absolute Gasteiger partial charge is 0.320 e. The normalized spacial score (nSPS) is 12.6. The first kappa shape index (κ1) is 14.2. The smallest absolute Gasteiger partial charge is 0.173 e. The molecule has 0 bridgehead atoms. The van der Waals surface area contributed by atoms with Crippen LogP contribution in [0.5, 0.6) is 0 Å². The Bertz CT molecular complexity index is 812.